The van der Waals surface area contributed by atoms with Crippen molar-refractivity contribution in [3.63, 3.8) is 0 Å². The zero-order chi connectivity index (χ0) is 34.5. The summed E-state index contributed by atoms with van der Waals surface area (Å²) in [5.74, 6) is 1.78. The van der Waals surface area contributed by atoms with Gasteiger partial charge in [-0.3, -0.25) is 9.36 Å². The number of ether oxygens (including phenoxy) is 5. The molecule has 0 bridgehead atoms. The highest BCUT2D eigenvalue weighted by Gasteiger charge is 2.35. The van der Waals surface area contributed by atoms with E-state index in [4.69, 9.17) is 40.3 Å². The molecule has 2 aliphatic rings. The van der Waals surface area contributed by atoms with Crippen molar-refractivity contribution in [1.29, 1.82) is 0 Å². The van der Waals surface area contributed by atoms with Gasteiger partial charge in [0.1, 0.15) is 6.61 Å². The van der Waals surface area contributed by atoms with E-state index in [2.05, 4.69) is 6.58 Å². The second kappa shape index (κ2) is 15.2. The van der Waals surface area contributed by atoms with Gasteiger partial charge in [-0.05, 0) is 74.2 Å². The molecule has 11 heteroatoms. The van der Waals surface area contributed by atoms with Gasteiger partial charge in [0, 0.05) is 16.1 Å². The Kier molecular flexibility index (Phi) is 10.6. The third-order valence-corrected chi connectivity index (χ3v) is 9.40. The number of esters is 1. The van der Waals surface area contributed by atoms with Crippen molar-refractivity contribution < 1.29 is 28.5 Å². The van der Waals surface area contributed by atoms with Crippen LogP contribution in [0, 0.1) is 0 Å². The molecule has 0 spiro atoms. The van der Waals surface area contributed by atoms with Crippen molar-refractivity contribution in [2.75, 3.05) is 20.0 Å². The summed E-state index contributed by atoms with van der Waals surface area (Å²) in [6, 6.07) is 16.0. The second-order valence-corrected chi connectivity index (χ2v) is 12.8. The maximum atomic E-state index is 14.4. The van der Waals surface area contributed by atoms with Gasteiger partial charge in [0.25, 0.3) is 5.56 Å². The molecule has 0 aliphatic carbocycles. The first-order chi connectivity index (χ1) is 23.9. The maximum absolute atomic E-state index is 14.4. The number of allylic oxidation sites excluding steroid dienone is 2. The van der Waals surface area contributed by atoms with E-state index >= 15 is 0 Å². The van der Waals surface area contributed by atoms with Crippen LogP contribution in [0.3, 0.4) is 0 Å². The van der Waals surface area contributed by atoms with Crippen LogP contribution in [0.4, 0.5) is 0 Å². The lowest BCUT2D eigenvalue weighted by molar-refractivity contribution is -0.139. The zero-order valence-corrected chi connectivity index (χ0v) is 29.2. The highest BCUT2D eigenvalue weighted by Crippen LogP contribution is 2.39. The summed E-state index contributed by atoms with van der Waals surface area (Å²) in [5.41, 5.74) is 3.79. The first-order valence-corrected chi connectivity index (χ1v) is 17.4. The smallest absolute Gasteiger partial charge is 0.338 e. The Hall–Kier alpha value is -4.80. The molecule has 3 heterocycles. The lowest BCUT2D eigenvalue weighted by Crippen LogP contribution is -2.40. The van der Waals surface area contributed by atoms with E-state index in [1.54, 1.807) is 23.6 Å². The van der Waals surface area contributed by atoms with Crippen molar-refractivity contribution in [1.82, 2.24) is 4.57 Å². The standard InChI is InChI=1S/C38H37ClN2O7S/c1-5-11-25-17-23(18-31(44-7-3)35(25)46-21-26-13-9-10-14-27(26)39)19-32-36(42)41-34(24-15-16-29-30(20-24)48-22-47-29)33(37(43)45-8-4)28(12-6-2)40-38(41)49-32/h5,9-10,13-20,34H,1,6-8,11-12,21-22H2,2-4H3/b32-19+/t34-/m1/s1. The summed E-state index contributed by atoms with van der Waals surface area (Å²) < 4.78 is 31.1. The van der Waals surface area contributed by atoms with Crippen LogP contribution in [-0.2, 0) is 22.6 Å². The van der Waals surface area contributed by atoms with Crippen molar-refractivity contribution in [2.24, 2.45) is 4.99 Å². The number of carbonyl (C=O) groups is 1. The maximum Gasteiger partial charge on any atom is 0.338 e. The quantitative estimate of drug-likeness (QED) is 0.114. The fourth-order valence-electron chi connectivity index (χ4n) is 5.94. The highest BCUT2D eigenvalue weighted by atomic mass is 35.5. The molecule has 1 aromatic heterocycles. The van der Waals surface area contributed by atoms with Gasteiger partial charge in [-0.2, -0.15) is 0 Å². The van der Waals surface area contributed by atoms with Gasteiger partial charge >= 0.3 is 5.97 Å². The number of carbonyl (C=O) groups excluding carboxylic acids is 1. The van der Waals surface area contributed by atoms with Crippen LogP contribution in [0.5, 0.6) is 23.0 Å². The van der Waals surface area contributed by atoms with E-state index in [-0.39, 0.29) is 25.6 Å². The van der Waals surface area contributed by atoms with Gasteiger partial charge in [0.15, 0.2) is 27.8 Å². The van der Waals surface area contributed by atoms with Crippen molar-refractivity contribution in [2.45, 2.75) is 52.7 Å². The van der Waals surface area contributed by atoms with E-state index in [0.29, 0.717) is 73.6 Å². The lowest BCUT2D eigenvalue weighted by atomic mass is 9.94. The molecule has 0 fully saturated rings. The van der Waals surface area contributed by atoms with E-state index < -0.39 is 12.0 Å². The molecule has 6 rings (SSSR count). The number of benzene rings is 3. The van der Waals surface area contributed by atoms with Crippen LogP contribution in [0.2, 0.25) is 5.02 Å². The minimum absolute atomic E-state index is 0.102. The number of nitrogens with zero attached hydrogens (tertiary/aromatic N) is 2. The summed E-state index contributed by atoms with van der Waals surface area (Å²) >= 11 is 7.67. The minimum Gasteiger partial charge on any atom is -0.490 e. The average Bonchev–Trinajstić information content (AvgIpc) is 3.68. The molecule has 0 radical (unpaired) electrons. The molecule has 4 aromatic rings. The predicted molar refractivity (Wildman–Crippen MR) is 189 cm³/mol. The van der Waals surface area contributed by atoms with Crippen molar-refractivity contribution >= 4 is 35.0 Å². The summed E-state index contributed by atoms with van der Waals surface area (Å²) in [6.07, 6.45) is 5.41. The molecule has 2 aliphatic heterocycles. The molecule has 3 aromatic carbocycles. The zero-order valence-electron chi connectivity index (χ0n) is 27.6. The van der Waals surface area contributed by atoms with Gasteiger partial charge < -0.3 is 23.7 Å². The van der Waals surface area contributed by atoms with Crippen LogP contribution in [0.15, 0.2) is 88.3 Å². The van der Waals surface area contributed by atoms with Crippen molar-refractivity contribution in [3.8, 4) is 23.0 Å². The molecule has 0 saturated heterocycles. The molecule has 254 valence electrons. The van der Waals surface area contributed by atoms with Crippen molar-refractivity contribution in [3.05, 3.63) is 125 Å². The highest BCUT2D eigenvalue weighted by molar-refractivity contribution is 7.07. The van der Waals surface area contributed by atoms with Gasteiger partial charge in [0.2, 0.25) is 6.79 Å². The minimum atomic E-state index is -0.774. The van der Waals surface area contributed by atoms with Crippen LogP contribution >= 0.6 is 22.9 Å². The number of halogens is 1. The SMILES string of the molecule is C=CCc1cc(/C=c2/sc3n(c2=O)[C@H](c2ccc4c(c2)OCO4)C(C(=O)OCC)=C(CCC)N=3)cc(OCC)c1OCc1ccccc1Cl. The second-order valence-electron chi connectivity index (χ2n) is 11.3. The molecular formula is C38H37ClN2O7S. The number of hydrogen-bond donors (Lipinski definition) is 0. The summed E-state index contributed by atoms with van der Waals surface area (Å²) in [5, 5.41) is 0.616. The van der Waals surface area contributed by atoms with Crippen LogP contribution in [-0.4, -0.2) is 30.5 Å². The summed E-state index contributed by atoms with van der Waals surface area (Å²) in [4.78, 5) is 33.3. The Bertz CT molecular complexity index is 2120. The van der Waals surface area contributed by atoms with Gasteiger partial charge in [0.05, 0.1) is 35.1 Å². The lowest BCUT2D eigenvalue weighted by Gasteiger charge is -2.25. The van der Waals surface area contributed by atoms with Crippen LogP contribution < -0.4 is 33.8 Å². The fourth-order valence-corrected chi connectivity index (χ4v) is 7.15. The monoisotopic (exact) mass is 700 g/mol. The van der Waals surface area contributed by atoms with Gasteiger partial charge in [-0.15, -0.1) is 6.58 Å². The number of hydrogen-bond acceptors (Lipinski definition) is 9. The van der Waals surface area contributed by atoms with E-state index in [1.807, 2.05) is 68.5 Å². The normalized spacial score (nSPS) is 15.1. The first kappa shape index (κ1) is 34.1. The Morgan fingerprint density at radius 3 is 2.63 bits per heavy atom. The number of fused-ring (bicyclic) bond motifs is 2. The van der Waals surface area contributed by atoms with E-state index in [1.165, 1.54) is 11.3 Å². The topological polar surface area (TPSA) is 97.6 Å². The summed E-state index contributed by atoms with van der Waals surface area (Å²) in [6.45, 7) is 10.6. The van der Waals surface area contributed by atoms with E-state index in [9.17, 15) is 9.59 Å². The molecule has 49 heavy (non-hydrogen) atoms. The molecule has 9 nitrogen and oxygen atoms in total. The molecule has 0 N–H and O–H groups in total. The van der Waals surface area contributed by atoms with Crippen LogP contribution in [0.1, 0.15) is 61.9 Å². The molecule has 0 unspecified atom stereocenters. The molecule has 0 amide bonds. The Balaban J connectivity index is 1.49. The Labute approximate surface area is 293 Å². The van der Waals surface area contributed by atoms with E-state index in [0.717, 1.165) is 23.1 Å². The third kappa shape index (κ3) is 7.02. The number of thiazole rings is 1. The first-order valence-electron chi connectivity index (χ1n) is 16.2. The average molecular weight is 701 g/mol. The fraction of sp³-hybridized carbons (Fsp3) is 0.289. The number of aromatic nitrogens is 1. The molecule has 0 saturated carbocycles. The Morgan fingerprint density at radius 2 is 1.88 bits per heavy atom. The Morgan fingerprint density at radius 1 is 1.06 bits per heavy atom. The van der Waals surface area contributed by atoms with Gasteiger partial charge in [-0.1, -0.05) is 66.6 Å². The molecule has 1 atom stereocenters. The van der Waals surface area contributed by atoms with Gasteiger partial charge in [-0.25, -0.2) is 9.79 Å². The predicted octanol–water partition coefficient (Wildman–Crippen LogP) is 6.67. The third-order valence-electron chi connectivity index (χ3n) is 8.05. The summed E-state index contributed by atoms with van der Waals surface area (Å²) in [7, 11) is 0. The largest absolute Gasteiger partial charge is 0.490 e. The van der Waals surface area contributed by atoms with Crippen LogP contribution in [0.25, 0.3) is 6.08 Å². The number of rotatable bonds is 13. The molecular weight excluding hydrogens is 664 g/mol.